The van der Waals surface area contributed by atoms with Gasteiger partial charge in [0.15, 0.2) is 0 Å². The zero-order valence-corrected chi connectivity index (χ0v) is 10.2. The molecule has 1 N–H and O–H groups in total. The minimum atomic E-state index is -0.713. The van der Waals surface area contributed by atoms with Gasteiger partial charge in [-0.05, 0) is 23.0 Å². The van der Waals surface area contributed by atoms with Gasteiger partial charge in [0.25, 0.3) is 0 Å². The fourth-order valence-corrected chi connectivity index (χ4v) is 2.47. The normalized spacial score (nSPS) is 12.1. The molecule has 0 radical (unpaired) electrons. The molecule has 0 saturated carbocycles. The number of rotatable bonds is 7. The van der Waals surface area contributed by atoms with Crippen molar-refractivity contribution in [3.05, 3.63) is 30.3 Å². The SMILES string of the molecule is C[S+](CCCOc1ccccc1)CC(=O)O. The van der Waals surface area contributed by atoms with Crippen LogP contribution in [0.2, 0.25) is 0 Å². The predicted molar refractivity (Wildman–Crippen MR) is 67.2 cm³/mol. The minimum Gasteiger partial charge on any atom is -0.493 e. The summed E-state index contributed by atoms with van der Waals surface area (Å²) in [6, 6.07) is 9.66. The number of benzene rings is 1. The largest absolute Gasteiger partial charge is 0.493 e. The summed E-state index contributed by atoms with van der Waals surface area (Å²) in [6.07, 6.45) is 2.89. The van der Waals surface area contributed by atoms with Crippen LogP contribution in [0.25, 0.3) is 0 Å². The van der Waals surface area contributed by atoms with Crippen molar-refractivity contribution in [2.45, 2.75) is 6.42 Å². The summed E-state index contributed by atoms with van der Waals surface area (Å²) in [5.41, 5.74) is 0. The van der Waals surface area contributed by atoms with E-state index in [2.05, 4.69) is 0 Å². The second kappa shape index (κ2) is 7.17. The molecule has 0 aromatic heterocycles. The minimum absolute atomic E-state index is 0.0376. The highest BCUT2D eigenvalue weighted by atomic mass is 32.2. The molecule has 0 spiro atoms. The molecule has 0 aliphatic heterocycles. The Kier molecular flexibility index (Phi) is 5.78. The van der Waals surface area contributed by atoms with Gasteiger partial charge in [-0.25, -0.2) is 4.79 Å². The van der Waals surface area contributed by atoms with E-state index in [-0.39, 0.29) is 16.6 Å². The van der Waals surface area contributed by atoms with Crippen molar-refractivity contribution in [1.29, 1.82) is 0 Å². The van der Waals surface area contributed by atoms with Crippen LogP contribution in [0.5, 0.6) is 5.75 Å². The molecule has 0 amide bonds. The Labute approximate surface area is 98.8 Å². The Morgan fingerprint density at radius 2 is 2.06 bits per heavy atom. The second-order valence-electron chi connectivity index (χ2n) is 3.54. The van der Waals surface area contributed by atoms with Gasteiger partial charge in [0, 0.05) is 6.42 Å². The van der Waals surface area contributed by atoms with Gasteiger partial charge in [0.05, 0.1) is 12.9 Å². The van der Waals surface area contributed by atoms with Crippen LogP contribution in [-0.4, -0.2) is 35.4 Å². The Morgan fingerprint density at radius 3 is 2.69 bits per heavy atom. The van der Waals surface area contributed by atoms with E-state index < -0.39 is 5.97 Å². The maximum atomic E-state index is 10.4. The Hall–Kier alpha value is -1.16. The third kappa shape index (κ3) is 5.66. The molecule has 0 saturated heterocycles. The van der Waals surface area contributed by atoms with Crippen molar-refractivity contribution in [3.8, 4) is 5.75 Å². The molecule has 1 aromatic carbocycles. The first-order chi connectivity index (χ1) is 7.68. The summed E-state index contributed by atoms with van der Waals surface area (Å²) in [5, 5.41) is 8.59. The zero-order chi connectivity index (χ0) is 11.8. The van der Waals surface area contributed by atoms with Crippen molar-refractivity contribution in [3.63, 3.8) is 0 Å². The predicted octanol–water partition coefficient (Wildman–Crippen LogP) is 1.79. The first-order valence-corrected chi connectivity index (χ1v) is 7.14. The smallest absolute Gasteiger partial charge is 0.353 e. The Balaban J connectivity index is 2.10. The van der Waals surface area contributed by atoms with Crippen molar-refractivity contribution in [2.75, 3.05) is 24.4 Å². The van der Waals surface area contributed by atoms with E-state index in [1.807, 2.05) is 36.6 Å². The zero-order valence-electron chi connectivity index (χ0n) is 9.39. The average molecular weight is 241 g/mol. The molecule has 3 nitrogen and oxygen atoms in total. The molecule has 88 valence electrons. The van der Waals surface area contributed by atoms with E-state index >= 15 is 0 Å². The molecular formula is C12H17O3S+. The first kappa shape index (κ1) is 12.9. The molecule has 1 atom stereocenters. The highest BCUT2D eigenvalue weighted by Crippen LogP contribution is 2.08. The molecule has 0 aliphatic carbocycles. The van der Waals surface area contributed by atoms with Crippen LogP contribution >= 0.6 is 0 Å². The van der Waals surface area contributed by atoms with Gasteiger partial charge in [-0.15, -0.1) is 0 Å². The van der Waals surface area contributed by atoms with Gasteiger partial charge in [-0.3, -0.25) is 0 Å². The number of para-hydroxylation sites is 1. The Morgan fingerprint density at radius 1 is 1.38 bits per heavy atom. The summed E-state index contributed by atoms with van der Waals surface area (Å²) < 4.78 is 5.52. The van der Waals surface area contributed by atoms with Crippen molar-refractivity contribution >= 4 is 16.9 Å². The van der Waals surface area contributed by atoms with Gasteiger partial charge >= 0.3 is 5.97 Å². The summed E-state index contributed by atoms with van der Waals surface area (Å²) in [6.45, 7) is 0.654. The van der Waals surface area contributed by atoms with E-state index in [0.29, 0.717) is 6.61 Å². The number of hydrogen-bond acceptors (Lipinski definition) is 2. The molecule has 0 fully saturated rings. The lowest BCUT2D eigenvalue weighted by Gasteiger charge is -2.05. The Bertz CT molecular complexity index is 313. The number of carboxylic acids is 1. The maximum absolute atomic E-state index is 10.4. The topological polar surface area (TPSA) is 46.5 Å². The molecule has 1 unspecified atom stereocenters. The van der Waals surface area contributed by atoms with E-state index in [1.165, 1.54) is 0 Å². The standard InChI is InChI=1S/C12H16O3S/c1-16(10-12(13)14)9-5-8-15-11-6-3-2-4-7-11/h2-4,6-7H,5,8-10H2,1H3/p+1. The highest BCUT2D eigenvalue weighted by molar-refractivity contribution is 7.96. The number of ether oxygens (including phenoxy) is 1. The summed E-state index contributed by atoms with van der Waals surface area (Å²) in [4.78, 5) is 10.4. The van der Waals surface area contributed by atoms with Gasteiger partial charge in [0.1, 0.15) is 11.5 Å². The number of hydrogen-bond donors (Lipinski definition) is 1. The van der Waals surface area contributed by atoms with Crippen LogP contribution in [0.3, 0.4) is 0 Å². The number of aliphatic carboxylic acids is 1. The maximum Gasteiger partial charge on any atom is 0.353 e. The summed E-state index contributed by atoms with van der Waals surface area (Å²) >= 11 is 0. The molecule has 1 aromatic rings. The van der Waals surface area contributed by atoms with E-state index in [0.717, 1.165) is 17.9 Å². The van der Waals surface area contributed by atoms with Crippen molar-refractivity contribution in [2.24, 2.45) is 0 Å². The lowest BCUT2D eigenvalue weighted by atomic mass is 10.3. The molecule has 0 bridgehead atoms. The van der Waals surface area contributed by atoms with Crippen LogP contribution < -0.4 is 4.74 Å². The van der Waals surface area contributed by atoms with Crippen LogP contribution in [0.1, 0.15) is 6.42 Å². The molecule has 1 rings (SSSR count). The lowest BCUT2D eigenvalue weighted by Crippen LogP contribution is -2.18. The monoisotopic (exact) mass is 241 g/mol. The number of carbonyl (C=O) groups is 1. The molecule has 0 heterocycles. The molecule has 0 aliphatic rings. The van der Waals surface area contributed by atoms with Gasteiger partial charge in [-0.1, -0.05) is 18.2 Å². The second-order valence-corrected chi connectivity index (χ2v) is 5.80. The van der Waals surface area contributed by atoms with Gasteiger partial charge in [0.2, 0.25) is 5.75 Å². The van der Waals surface area contributed by atoms with E-state index in [1.54, 1.807) is 0 Å². The first-order valence-electron chi connectivity index (χ1n) is 5.17. The molecule has 4 heteroatoms. The van der Waals surface area contributed by atoms with E-state index in [9.17, 15) is 4.79 Å². The number of carboxylic acid groups (broad SMARTS) is 1. The summed E-state index contributed by atoms with van der Waals surface area (Å²) in [5.74, 6) is 1.34. The van der Waals surface area contributed by atoms with Crippen molar-refractivity contribution in [1.82, 2.24) is 0 Å². The van der Waals surface area contributed by atoms with E-state index in [4.69, 9.17) is 9.84 Å². The van der Waals surface area contributed by atoms with Crippen molar-refractivity contribution < 1.29 is 14.6 Å². The molecular weight excluding hydrogens is 224 g/mol. The lowest BCUT2D eigenvalue weighted by molar-refractivity contribution is -0.133. The fourth-order valence-electron chi connectivity index (χ4n) is 1.30. The quantitative estimate of drug-likeness (QED) is 0.585. The average Bonchev–Trinajstić information content (AvgIpc) is 2.25. The molecule has 16 heavy (non-hydrogen) atoms. The van der Waals surface area contributed by atoms with Gasteiger partial charge in [-0.2, -0.15) is 0 Å². The fraction of sp³-hybridized carbons (Fsp3) is 0.417. The summed E-state index contributed by atoms with van der Waals surface area (Å²) in [7, 11) is -0.0376. The van der Waals surface area contributed by atoms with Gasteiger partial charge < -0.3 is 9.84 Å². The van der Waals surface area contributed by atoms with Crippen LogP contribution in [0.15, 0.2) is 30.3 Å². The van der Waals surface area contributed by atoms with Crippen LogP contribution in [-0.2, 0) is 15.7 Å². The third-order valence-corrected chi connectivity index (χ3v) is 3.74. The third-order valence-electron chi connectivity index (χ3n) is 2.02. The van der Waals surface area contributed by atoms with Crippen LogP contribution in [0, 0.1) is 0 Å². The van der Waals surface area contributed by atoms with Crippen LogP contribution in [0.4, 0.5) is 0 Å². The highest BCUT2D eigenvalue weighted by Gasteiger charge is 2.15.